The van der Waals surface area contributed by atoms with Gasteiger partial charge in [0.05, 0.1) is 24.4 Å². The monoisotopic (exact) mass is 185 g/mol. The Labute approximate surface area is 70.9 Å². The van der Waals surface area contributed by atoms with Gasteiger partial charge in [-0.25, -0.2) is 4.57 Å². The van der Waals surface area contributed by atoms with Crippen LogP contribution in [-0.2, 0) is 13.6 Å². The minimum absolute atomic E-state index is 0.978. The number of allylic oxidation sites excluding steroid dienone is 1. The third kappa shape index (κ3) is 3.65. The van der Waals surface area contributed by atoms with Crippen molar-refractivity contribution >= 4 is 7.60 Å². The predicted molar refractivity (Wildman–Crippen MR) is 44.9 cm³/mol. The number of rotatable bonds is 5. The lowest BCUT2D eigenvalue weighted by Gasteiger charge is -2.09. The highest BCUT2D eigenvalue weighted by Crippen LogP contribution is 2.50. The van der Waals surface area contributed by atoms with E-state index >= 15 is 0 Å². The molecular weight excluding hydrogens is 177 g/mol. The van der Waals surface area contributed by atoms with E-state index < -0.39 is 7.60 Å². The molecule has 0 heterocycles. The quantitative estimate of drug-likeness (QED) is 0.375. The molecule has 12 heavy (non-hydrogen) atoms. The lowest BCUT2D eigenvalue weighted by atomic mass is 10.7. The summed E-state index contributed by atoms with van der Waals surface area (Å²) in [5, 5.41) is 8.15. The molecule has 0 bridgehead atoms. The maximum atomic E-state index is 11.3. The summed E-state index contributed by atoms with van der Waals surface area (Å²) >= 11 is 0. The maximum Gasteiger partial charge on any atom is 0.455 e. The molecule has 0 aromatic heterocycles. The molecule has 0 spiro atoms. The smallest absolute Gasteiger partial charge is 0.422 e. The molecule has 0 aromatic carbocycles. The first-order chi connectivity index (χ1) is 5.68. The summed E-state index contributed by atoms with van der Waals surface area (Å²) in [6.07, 6.45) is 2.96. The normalized spacial score (nSPS) is 10.2. The molecule has 0 aromatic rings. The van der Waals surface area contributed by atoms with E-state index in [0.717, 1.165) is 24.4 Å². The van der Waals surface area contributed by atoms with Gasteiger partial charge in [-0.1, -0.05) is 13.2 Å². The predicted octanol–water partition coefficient (Wildman–Crippen LogP) is 2.54. The van der Waals surface area contributed by atoms with Crippen molar-refractivity contribution in [2.24, 2.45) is 0 Å². The molecular formula is C7H8NO3P. The lowest BCUT2D eigenvalue weighted by molar-refractivity contribution is 0.340. The standard InChI is InChI=1S/C7H8NO3P/c1-3-10-12(9,11-4-2)7-5-6-8/h3-5,7H,1-2H2/b7-5+. The molecule has 64 valence electrons. The fourth-order valence-corrected chi connectivity index (χ4v) is 1.28. The largest absolute Gasteiger partial charge is 0.455 e. The zero-order chi connectivity index (χ0) is 9.45. The van der Waals surface area contributed by atoms with Crippen LogP contribution in [-0.4, -0.2) is 0 Å². The Balaban J connectivity index is 4.51. The summed E-state index contributed by atoms with van der Waals surface area (Å²) in [7, 11) is -3.38. The highest BCUT2D eigenvalue weighted by Gasteiger charge is 2.18. The zero-order valence-corrected chi connectivity index (χ0v) is 7.24. The van der Waals surface area contributed by atoms with Crippen molar-refractivity contribution in [3.63, 3.8) is 0 Å². The minimum atomic E-state index is -3.38. The van der Waals surface area contributed by atoms with Gasteiger partial charge in [0.2, 0.25) is 0 Å². The van der Waals surface area contributed by atoms with Crippen molar-refractivity contribution in [2.45, 2.75) is 0 Å². The molecule has 0 aliphatic carbocycles. The molecule has 5 heteroatoms. The highest BCUT2D eigenvalue weighted by molar-refractivity contribution is 7.57. The maximum absolute atomic E-state index is 11.3. The van der Waals surface area contributed by atoms with E-state index in [-0.39, 0.29) is 0 Å². The first kappa shape index (κ1) is 10.5. The third-order valence-electron chi connectivity index (χ3n) is 0.775. The first-order valence-electron chi connectivity index (χ1n) is 2.94. The van der Waals surface area contributed by atoms with E-state index in [1.807, 2.05) is 0 Å². The Morgan fingerprint density at radius 1 is 1.33 bits per heavy atom. The second kappa shape index (κ2) is 5.22. The van der Waals surface area contributed by atoms with E-state index in [1.165, 1.54) is 0 Å². The van der Waals surface area contributed by atoms with Crippen molar-refractivity contribution < 1.29 is 13.6 Å². The van der Waals surface area contributed by atoms with E-state index in [1.54, 1.807) is 6.07 Å². The Hall–Kier alpha value is -1.46. The van der Waals surface area contributed by atoms with E-state index in [0.29, 0.717) is 0 Å². The molecule has 0 amide bonds. The average Bonchev–Trinajstić information content (AvgIpc) is 2.02. The minimum Gasteiger partial charge on any atom is -0.422 e. The van der Waals surface area contributed by atoms with Gasteiger partial charge >= 0.3 is 7.60 Å². The van der Waals surface area contributed by atoms with E-state index in [9.17, 15) is 4.57 Å². The van der Waals surface area contributed by atoms with Gasteiger partial charge in [0.1, 0.15) is 0 Å². The van der Waals surface area contributed by atoms with Crippen LogP contribution in [0.5, 0.6) is 0 Å². The van der Waals surface area contributed by atoms with Gasteiger partial charge in [0, 0.05) is 6.08 Å². The molecule has 0 rings (SSSR count). The van der Waals surface area contributed by atoms with E-state index in [2.05, 4.69) is 22.2 Å². The molecule has 0 fully saturated rings. The van der Waals surface area contributed by atoms with Gasteiger partial charge in [-0.2, -0.15) is 5.26 Å². The number of hydrogen-bond donors (Lipinski definition) is 0. The van der Waals surface area contributed by atoms with Gasteiger partial charge in [-0.05, 0) is 0 Å². The van der Waals surface area contributed by atoms with Crippen LogP contribution in [0, 0.1) is 11.3 Å². The van der Waals surface area contributed by atoms with Crippen LogP contribution in [0.1, 0.15) is 0 Å². The van der Waals surface area contributed by atoms with Crippen molar-refractivity contribution in [1.29, 1.82) is 5.26 Å². The Kier molecular flexibility index (Phi) is 4.59. The van der Waals surface area contributed by atoms with Crippen molar-refractivity contribution in [3.8, 4) is 6.07 Å². The summed E-state index contributed by atoms with van der Waals surface area (Å²) in [5.41, 5.74) is 0. The summed E-state index contributed by atoms with van der Waals surface area (Å²) in [5.74, 6) is 1.02. The summed E-state index contributed by atoms with van der Waals surface area (Å²) in [6, 6.07) is 1.66. The molecule has 0 atom stereocenters. The SMILES string of the molecule is C=COP(=O)(/C=C/C#N)OC=C. The molecule has 0 N–H and O–H groups in total. The average molecular weight is 185 g/mol. The van der Waals surface area contributed by atoms with Gasteiger partial charge in [-0.15, -0.1) is 0 Å². The molecule has 0 radical (unpaired) electrons. The Morgan fingerprint density at radius 2 is 1.83 bits per heavy atom. The Morgan fingerprint density at radius 3 is 2.17 bits per heavy atom. The highest BCUT2D eigenvalue weighted by atomic mass is 31.2. The van der Waals surface area contributed by atoms with Crippen molar-refractivity contribution in [2.75, 3.05) is 0 Å². The van der Waals surface area contributed by atoms with Gasteiger partial charge < -0.3 is 9.05 Å². The molecule has 0 saturated heterocycles. The topological polar surface area (TPSA) is 59.3 Å². The number of hydrogen-bond acceptors (Lipinski definition) is 4. The van der Waals surface area contributed by atoms with Crippen LogP contribution >= 0.6 is 7.60 Å². The van der Waals surface area contributed by atoms with E-state index in [4.69, 9.17) is 5.26 Å². The lowest BCUT2D eigenvalue weighted by Crippen LogP contribution is -1.80. The molecule has 0 aliphatic heterocycles. The van der Waals surface area contributed by atoms with Crippen LogP contribution in [0.4, 0.5) is 0 Å². The molecule has 0 saturated carbocycles. The van der Waals surface area contributed by atoms with Crippen LogP contribution in [0.2, 0.25) is 0 Å². The molecule has 0 aliphatic rings. The van der Waals surface area contributed by atoms with Crippen molar-refractivity contribution in [1.82, 2.24) is 0 Å². The second-order valence-corrected chi connectivity index (χ2v) is 3.33. The number of nitrogens with zero attached hydrogens (tertiary/aromatic N) is 1. The molecule has 4 nitrogen and oxygen atoms in total. The first-order valence-corrected chi connectivity index (χ1v) is 4.55. The third-order valence-corrected chi connectivity index (χ3v) is 2.17. The van der Waals surface area contributed by atoms with Crippen LogP contribution < -0.4 is 0 Å². The second-order valence-electron chi connectivity index (χ2n) is 1.53. The zero-order valence-electron chi connectivity index (χ0n) is 6.34. The fraction of sp³-hybridized carbons (Fsp3) is 0. The summed E-state index contributed by atoms with van der Waals surface area (Å²) in [4.78, 5) is 0. The van der Waals surface area contributed by atoms with Gasteiger partial charge in [0.15, 0.2) is 0 Å². The van der Waals surface area contributed by atoms with Crippen LogP contribution in [0.15, 0.2) is 37.6 Å². The van der Waals surface area contributed by atoms with Crippen LogP contribution in [0.25, 0.3) is 0 Å². The molecule has 0 unspecified atom stereocenters. The van der Waals surface area contributed by atoms with Crippen LogP contribution in [0.3, 0.4) is 0 Å². The van der Waals surface area contributed by atoms with Gasteiger partial charge in [0.25, 0.3) is 0 Å². The summed E-state index contributed by atoms with van der Waals surface area (Å²) < 4.78 is 20.5. The van der Waals surface area contributed by atoms with Crippen molar-refractivity contribution in [3.05, 3.63) is 37.6 Å². The summed E-state index contributed by atoms with van der Waals surface area (Å²) in [6.45, 7) is 6.42. The fourth-order valence-electron chi connectivity index (χ4n) is 0.428. The van der Waals surface area contributed by atoms with Gasteiger partial charge in [-0.3, -0.25) is 0 Å². The number of nitriles is 1. The Bertz CT molecular complexity index is 263.